The van der Waals surface area contributed by atoms with E-state index in [1.165, 1.54) is 99.9 Å². The van der Waals surface area contributed by atoms with Crippen LogP contribution in [0.3, 0.4) is 0 Å². The van der Waals surface area contributed by atoms with Gasteiger partial charge in [0.05, 0.1) is 5.52 Å². The third-order valence-electron chi connectivity index (χ3n) is 12.3. The summed E-state index contributed by atoms with van der Waals surface area (Å²) in [5, 5.41) is 3.89. The summed E-state index contributed by atoms with van der Waals surface area (Å²) in [6.07, 6.45) is 0. The van der Waals surface area contributed by atoms with Crippen LogP contribution in [0.1, 0.15) is 51.4 Å². The fourth-order valence-corrected chi connectivity index (χ4v) is 9.89. The van der Waals surface area contributed by atoms with Gasteiger partial charge in [-0.3, -0.25) is 0 Å². The minimum atomic E-state index is -0.174. The van der Waals surface area contributed by atoms with Crippen LogP contribution in [0.25, 0.3) is 60.7 Å². The zero-order chi connectivity index (χ0) is 35.1. The van der Waals surface area contributed by atoms with Crippen molar-refractivity contribution >= 4 is 50.8 Å². The average Bonchev–Trinajstić information content (AvgIpc) is 3.64. The van der Waals surface area contributed by atoms with Gasteiger partial charge in [0.1, 0.15) is 0 Å². The molecular formula is C49H39BN2. The SMILES string of the molecule is CC(C)(C)c1ccc(N2B3c4c(cc(-c5ccccc5)cc4-n4c5c(c6cccc3c64)-c3ccccc3C5(C)C)-c3c2ccc2ccccc32)cc1. The van der Waals surface area contributed by atoms with Crippen LogP contribution in [0.2, 0.25) is 0 Å². The summed E-state index contributed by atoms with van der Waals surface area (Å²) in [5.74, 6) is 0. The Hall–Kier alpha value is -5.80. The van der Waals surface area contributed by atoms with Gasteiger partial charge in [0.25, 0.3) is 0 Å². The molecule has 1 aromatic heterocycles. The lowest BCUT2D eigenvalue weighted by Crippen LogP contribution is -2.60. The molecule has 2 aliphatic heterocycles. The van der Waals surface area contributed by atoms with Crippen molar-refractivity contribution in [1.29, 1.82) is 0 Å². The van der Waals surface area contributed by atoms with E-state index in [1.54, 1.807) is 0 Å². The maximum atomic E-state index is 2.68. The van der Waals surface area contributed by atoms with Gasteiger partial charge in [0.15, 0.2) is 0 Å². The predicted molar refractivity (Wildman–Crippen MR) is 222 cm³/mol. The molecule has 0 spiro atoms. The lowest BCUT2D eigenvalue weighted by atomic mass is 9.43. The molecule has 3 heterocycles. The Kier molecular flexibility index (Phi) is 5.84. The molecule has 0 bridgehead atoms. The number of anilines is 2. The van der Waals surface area contributed by atoms with E-state index in [1.807, 2.05) is 0 Å². The molecule has 248 valence electrons. The lowest BCUT2D eigenvalue weighted by Gasteiger charge is -2.43. The molecule has 0 unspecified atom stereocenters. The molecule has 3 aliphatic rings. The number of fused-ring (bicyclic) bond motifs is 11. The third-order valence-corrected chi connectivity index (χ3v) is 12.3. The Bertz CT molecular complexity index is 2800. The number of rotatable bonds is 2. The van der Waals surface area contributed by atoms with Gasteiger partial charge in [-0.15, -0.1) is 0 Å². The topological polar surface area (TPSA) is 8.17 Å². The highest BCUT2D eigenvalue weighted by Crippen LogP contribution is 2.55. The molecule has 0 fully saturated rings. The first kappa shape index (κ1) is 29.9. The molecule has 0 saturated carbocycles. The summed E-state index contributed by atoms with van der Waals surface area (Å²) in [7, 11) is 0. The van der Waals surface area contributed by atoms with E-state index in [2.05, 4.69) is 190 Å². The van der Waals surface area contributed by atoms with E-state index in [-0.39, 0.29) is 17.7 Å². The largest absolute Gasteiger partial charge is 0.376 e. The predicted octanol–water partition coefficient (Wildman–Crippen LogP) is 11.3. The Labute approximate surface area is 306 Å². The number of nitrogens with zero attached hydrogens (tertiary/aromatic N) is 2. The quantitative estimate of drug-likeness (QED) is 0.167. The Morgan fingerprint density at radius 2 is 1.31 bits per heavy atom. The average molecular weight is 667 g/mol. The van der Waals surface area contributed by atoms with Gasteiger partial charge in [-0.1, -0.05) is 150 Å². The third kappa shape index (κ3) is 3.81. The van der Waals surface area contributed by atoms with Crippen LogP contribution in [0.5, 0.6) is 0 Å². The molecule has 3 heteroatoms. The second-order valence-corrected chi connectivity index (χ2v) is 16.5. The second kappa shape index (κ2) is 10.2. The van der Waals surface area contributed by atoms with Gasteiger partial charge in [-0.25, -0.2) is 0 Å². The normalized spacial score (nSPS) is 14.7. The molecular weight excluding hydrogens is 627 g/mol. The van der Waals surface area contributed by atoms with Crippen LogP contribution in [0, 0.1) is 0 Å². The van der Waals surface area contributed by atoms with Crippen LogP contribution in [-0.2, 0) is 10.8 Å². The van der Waals surface area contributed by atoms with Crippen molar-refractivity contribution in [3.8, 4) is 39.1 Å². The number of hydrogen-bond donors (Lipinski definition) is 0. The maximum Gasteiger partial charge on any atom is 0.333 e. The minimum Gasteiger partial charge on any atom is -0.376 e. The first-order valence-electron chi connectivity index (χ1n) is 18.6. The van der Waals surface area contributed by atoms with Crippen molar-refractivity contribution in [2.45, 2.75) is 45.4 Å². The fraction of sp³-hybridized carbons (Fsp3) is 0.143. The van der Waals surface area contributed by atoms with E-state index in [0.717, 1.165) is 0 Å². The monoisotopic (exact) mass is 666 g/mol. The van der Waals surface area contributed by atoms with Crippen molar-refractivity contribution in [1.82, 2.24) is 4.57 Å². The van der Waals surface area contributed by atoms with Gasteiger partial charge >= 0.3 is 6.85 Å². The zero-order valence-electron chi connectivity index (χ0n) is 30.3. The number of benzene rings is 7. The minimum absolute atomic E-state index is 0.00597. The summed E-state index contributed by atoms with van der Waals surface area (Å²) >= 11 is 0. The van der Waals surface area contributed by atoms with Gasteiger partial charge in [0, 0.05) is 44.7 Å². The van der Waals surface area contributed by atoms with Gasteiger partial charge in [-0.05, 0) is 90.8 Å². The van der Waals surface area contributed by atoms with Crippen molar-refractivity contribution < 1.29 is 0 Å². The molecule has 0 radical (unpaired) electrons. The van der Waals surface area contributed by atoms with Gasteiger partial charge in [0.2, 0.25) is 0 Å². The Morgan fingerprint density at radius 3 is 2.12 bits per heavy atom. The summed E-state index contributed by atoms with van der Waals surface area (Å²) in [6, 6.07) is 55.1. The van der Waals surface area contributed by atoms with E-state index in [0.29, 0.717) is 0 Å². The molecule has 11 rings (SSSR count). The lowest BCUT2D eigenvalue weighted by molar-refractivity contribution is 0.590. The van der Waals surface area contributed by atoms with E-state index >= 15 is 0 Å². The van der Waals surface area contributed by atoms with Crippen LogP contribution in [0.15, 0.2) is 146 Å². The number of hydrogen-bond acceptors (Lipinski definition) is 1. The number of para-hydroxylation sites is 1. The van der Waals surface area contributed by atoms with Crippen LogP contribution < -0.4 is 15.7 Å². The van der Waals surface area contributed by atoms with Crippen LogP contribution in [0.4, 0.5) is 11.4 Å². The molecule has 52 heavy (non-hydrogen) atoms. The van der Waals surface area contributed by atoms with E-state index in [4.69, 9.17) is 0 Å². The summed E-state index contributed by atoms with van der Waals surface area (Å²) in [5.41, 5.74) is 19.8. The van der Waals surface area contributed by atoms with Crippen molar-refractivity contribution in [2.75, 3.05) is 4.81 Å². The van der Waals surface area contributed by atoms with Gasteiger partial charge in [-0.2, -0.15) is 0 Å². The molecule has 1 aliphatic carbocycles. The highest BCUT2D eigenvalue weighted by molar-refractivity contribution is 6.93. The Balaban J connectivity index is 1.32. The highest BCUT2D eigenvalue weighted by atomic mass is 15.1. The van der Waals surface area contributed by atoms with Crippen molar-refractivity contribution in [3.05, 3.63) is 162 Å². The summed E-state index contributed by atoms with van der Waals surface area (Å²) in [4.78, 5) is 2.65. The summed E-state index contributed by atoms with van der Waals surface area (Å²) < 4.78 is 2.68. The van der Waals surface area contributed by atoms with Crippen molar-refractivity contribution in [3.63, 3.8) is 0 Å². The highest BCUT2D eigenvalue weighted by Gasteiger charge is 2.48. The first-order chi connectivity index (χ1) is 25.2. The first-order valence-corrected chi connectivity index (χ1v) is 18.6. The molecule has 0 atom stereocenters. The van der Waals surface area contributed by atoms with Gasteiger partial charge < -0.3 is 9.38 Å². The molecule has 0 N–H and O–H groups in total. The summed E-state index contributed by atoms with van der Waals surface area (Å²) in [6.45, 7) is 11.7. The van der Waals surface area contributed by atoms with E-state index < -0.39 is 0 Å². The van der Waals surface area contributed by atoms with Crippen LogP contribution in [-0.4, -0.2) is 11.4 Å². The molecule has 2 nitrogen and oxygen atoms in total. The second-order valence-electron chi connectivity index (χ2n) is 16.5. The molecule has 7 aromatic carbocycles. The Morgan fingerprint density at radius 1 is 0.577 bits per heavy atom. The maximum absolute atomic E-state index is 2.68. The van der Waals surface area contributed by atoms with Crippen molar-refractivity contribution in [2.24, 2.45) is 0 Å². The van der Waals surface area contributed by atoms with E-state index in [9.17, 15) is 0 Å². The zero-order valence-corrected chi connectivity index (χ0v) is 30.3. The molecule has 0 saturated heterocycles. The standard InChI is InChI=1S/C49H39BN2/c1-48(2,3)33-23-25-34(26-24-33)52-41-27-22-31-16-9-10-17-35(31)43(41)38-28-32(30-14-7-6-8-15-30)29-42-45(38)50(52)40-21-13-19-37-44-36-18-11-12-20-39(36)49(4,5)47(44)51(42)46(37)40/h6-29H,1-5H3. The smallest absolute Gasteiger partial charge is 0.333 e. The fourth-order valence-electron chi connectivity index (χ4n) is 9.89. The number of aromatic nitrogens is 1. The molecule has 0 amide bonds. The van der Waals surface area contributed by atoms with Crippen LogP contribution >= 0.6 is 0 Å². The molecule has 8 aromatic rings.